The SMILES string of the molecule is CCCn1c(NC(=O)c2cc3cc(OC)c(OC)cc3s2)nc2cc(C(N)=O)ccc21. The monoisotopic (exact) mass is 438 g/mol. The summed E-state index contributed by atoms with van der Waals surface area (Å²) in [4.78, 5) is 29.6. The van der Waals surface area contributed by atoms with Crippen molar-refractivity contribution in [3.05, 3.63) is 46.8 Å². The third kappa shape index (κ3) is 3.79. The highest BCUT2D eigenvalue weighted by atomic mass is 32.1. The van der Waals surface area contributed by atoms with Gasteiger partial charge < -0.3 is 19.8 Å². The normalized spacial score (nSPS) is 11.1. The number of ether oxygens (including phenoxy) is 2. The highest BCUT2D eigenvalue weighted by Crippen LogP contribution is 2.36. The Bertz CT molecular complexity index is 1270. The molecule has 0 radical (unpaired) electrons. The van der Waals surface area contributed by atoms with E-state index in [0.29, 0.717) is 39.9 Å². The van der Waals surface area contributed by atoms with Gasteiger partial charge in [-0.25, -0.2) is 4.98 Å². The minimum Gasteiger partial charge on any atom is -0.493 e. The van der Waals surface area contributed by atoms with Crippen molar-refractivity contribution in [3.63, 3.8) is 0 Å². The first kappa shape index (κ1) is 20.7. The number of hydrogen-bond donors (Lipinski definition) is 2. The fourth-order valence-electron chi connectivity index (χ4n) is 3.47. The Hall–Kier alpha value is -3.59. The summed E-state index contributed by atoms with van der Waals surface area (Å²) in [6, 6.07) is 10.6. The van der Waals surface area contributed by atoms with E-state index in [0.717, 1.165) is 22.0 Å². The molecule has 2 amide bonds. The van der Waals surface area contributed by atoms with Gasteiger partial charge in [0.05, 0.1) is 30.1 Å². The molecule has 0 aliphatic heterocycles. The van der Waals surface area contributed by atoms with Crippen LogP contribution in [0.3, 0.4) is 0 Å². The van der Waals surface area contributed by atoms with E-state index in [1.165, 1.54) is 11.3 Å². The number of nitrogens with two attached hydrogens (primary N) is 1. The average molecular weight is 439 g/mol. The fraction of sp³-hybridized carbons (Fsp3) is 0.227. The van der Waals surface area contributed by atoms with Gasteiger partial charge in [0.2, 0.25) is 11.9 Å². The van der Waals surface area contributed by atoms with Gasteiger partial charge >= 0.3 is 0 Å². The Morgan fingerprint density at radius 2 is 1.87 bits per heavy atom. The van der Waals surface area contributed by atoms with E-state index in [1.807, 2.05) is 29.7 Å². The van der Waals surface area contributed by atoms with E-state index in [-0.39, 0.29) is 5.91 Å². The van der Waals surface area contributed by atoms with Crippen LogP contribution < -0.4 is 20.5 Å². The van der Waals surface area contributed by atoms with Crippen molar-refractivity contribution in [2.45, 2.75) is 19.9 Å². The number of carbonyl (C=O) groups excluding carboxylic acids is 2. The molecule has 2 aromatic heterocycles. The fourth-order valence-corrected chi connectivity index (χ4v) is 4.44. The molecule has 0 spiro atoms. The van der Waals surface area contributed by atoms with Gasteiger partial charge in [0.15, 0.2) is 11.5 Å². The molecule has 4 rings (SSSR count). The van der Waals surface area contributed by atoms with E-state index in [1.54, 1.807) is 32.4 Å². The molecule has 0 aliphatic carbocycles. The van der Waals surface area contributed by atoms with Crippen LogP contribution >= 0.6 is 11.3 Å². The summed E-state index contributed by atoms with van der Waals surface area (Å²) >= 11 is 1.36. The molecule has 31 heavy (non-hydrogen) atoms. The van der Waals surface area contributed by atoms with Crippen molar-refractivity contribution >= 4 is 50.2 Å². The predicted molar refractivity (Wildman–Crippen MR) is 121 cm³/mol. The lowest BCUT2D eigenvalue weighted by Crippen LogP contribution is -2.15. The first-order chi connectivity index (χ1) is 14.9. The number of benzene rings is 2. The first-order valence-electron chi connectivity index (χ1n) is 9.72. The second-order valence-corrected chi connectivity index (χ2v) is 8.05. The van der Waals surface area contributed by atoms with Gasteiger partial charge in [0.1, 0.15) is 0 Å². The Morgan fingerprint density at radius 1 is 1.13 bits per heavy atom. The smallest absolute Gasteiger partial charge is 0.268 e. The van der Waals surface area contributed by atoms with E-state index >= 15 is 0 Å². The Kier molecular flexibility index (Phi) is 5.51. The maximum absolute atomic E-state index is 13.0. The zero-order valence-electron chi connectivity index (χ0n) is 17.4. The number of anilines is 1. The lowest BCUT2D eigenvalue weighted by molar-refractivity contribution is 0.0998. The number of hydrogen-bond acceptors (Lipinski definition) is 6. The van der Waals surface area contributed by atoms with Crippen molar-refractivity contribution in [2.24, 2.45) is 5.73 Å². The summed E-state index contributed by atoms with van der Waals surface area (Å²) in [5.41, 5.74) is 7.19. The van der Waals surface area contributed by atoms with E-state index < -0.39 is 5.91 Å². The van der Waals surface area contributed by atoms with Gasteiger partial charge in [-0.3, -0.25) is 14.9 Å². The summed E-state index contributed by atoms with van der Waals surface area (Å²) in [7, 11) is 3.15. The standard InChI is InChI=1S/C22H22N4O4S/c1-4-7-26-15-6-5-12(20(23)27)8-14(15)24-22(26)25-21(28)19-10-13-9-16(29-2)17(30-3)11-18(13)31-19/h5-6,8-11H,4,7H2,1-3H3,(H2,23,27)(H,24,25,28). The number of aryl methyl sites for hydroxylation is 1. The quantitative estimate of drug-likeness (QED) is 0.453. The van der Waals surface area contributed by atoms with Crippen molar-refractivity contribution in [1.29, 1.82) is 0 Å². The van der Waals surface area contributed by atoms with Crippen molar-refractivity contribution in [2.75, 3.05) is 19.5 Å². The van der Waals surface area contributed by atoms with Crippen LogP contribution in [0.1, 0.15) is 33.4 Å². The molecule has 0 atom stereocenters. The van der Waals surface area contributed by atoms with Crippen LogP contribution in [0.4, 0.5) is 5.95 Å². The van der Waals surface area contributed by atoms with Crippen molar-refractivity contribution in [3.8, 4) is 11.5 Å². The highest BCUT2D eigenvalue weighted by Gasteiger charge is 2.18. The molecule has 0 saturated carbocycles. The number of rotatable bonds is 7. The molecule has 4 aromatic rings. The van der Waals surface area contributed by atoms with Gasteiger partial charge in [-0.1, -0.05) is 6.92 Å². The molecule has 2 heterocycles. The summed E-state index contributed by atoms with van der Waals surface area (Å²) in [5.74, 6) is 0.861. The van der Waals surface area contributed by atoms with Gasteiger partial charge in [-0.2, -0.15) is 0 Å². The van der Waals surface area contributed by atoms with Crippen molar-refractivity contribution in [1.82, 2.24) is 9.55 Å². The highest BCUT2D eigenvalue weighted by molar-refractivity contribution is 7.20. The Morgan fingerprint density at radius 3 is 2.55 bits per heavy atom. The summed E-state index contributed by atoms with van der Waals surface area (Å²) < 4.78 is 13.5. The maximum Gasteiger partial charge on any atom is 0.268 e. The number of aromatic nitrogens is 2. The third-order valence-electron chi connectivity index (χ3n) is 4.95. The molecule has 0 saturated heterocycles. The Balaban J connectivity index is 1.70. The minimum atomic E-state index is -0.520. The van der Waals surface area contributed by atoms with Crippen LogP contribution in [0.25, 0.3) is 21.1 Å². The number of nitrogens with one attached hydrogen (secondary N) is 1. The van der Waals surface area contributed by atoms with Crippen LogP contribution in [0.2, 0.25) is 0 Å². The second kappa shape index (κ2) is 8.27. The lowest BCUT2D eigenvalue weighted by atomic mass is 10.2. The molecular weight excluding hydrogens is 416 g/mol. The number of primary amides is 1. The molecule has 9 heteroatoms. The van der Waals surface area contributed by atoms with E-state index in [9.17, 15) is 9.59 Å². The molecule has 3 N–H and O–H groups in total. The predicted octanol–water partition coefficient (Wildman–Crippen LogP) is 4.03. The number of fused-ring (bicyclic) bond motifs is 2. The number of carbonyl (C=O) groups is 2. The average Bonchev–Trinajstić information content (AvgIpc) is 3.33. The molecule has 160 valence electrons. The number of nitrogens with zero attached hydrogens (tertiary/aromatic N) is 2. The topological polar surface area (TPSA) is 108 Å². The van der Waals surface area contributed by atoms with Crippen molar-refractivity contribution < 1.29 is 19.1 Å². The summed E-state index contributed by atoms with van der Waals surface area (Å²) in [5, 5.41) is 3.80. The van der Waals surface area contributed by atoms with Gasteiger partial charge in [-0.15, -0.1) is 11.3 Å². The van der Waals surface area contributed by atoms with E-state index in [4.69, 9.17) is 15.2 Å². The van der Waals surface area contributed by atoms with Crippen LogP contribution in [-0.4, -0.2) is 35.6 Å². The minimum absolute atomic E-state index is 0.262. The number of amides is 2. The van der Waals surface area contributed by atoms with Crippen LogP contribution in [0, 0.1) is 0 Å². The maximum atomic E-state index is 13.0. The molecule has 8 nitrogen and oxygen atoms in total. The zero-order valence-corrected chi connectivity index (χ0v) is 18.2. The molecule has 0 unspecified atom stereocenters. The summed E-state index contributed by atoms with van der Waals surface area (Å²) in [6.07, 6.45) is 0.856. The first-order valence-corrected chi connectivity index (χ1v) is 10.5. The Labute approximate surface area is 182 Å². The largest absolute Gasteiger partial charge is 0.493 e. The number of methoxy groups -OCH3 is 2. The zero-order chi connectivity index (χ0) is 22.1. The lowest BCUT2D eigenvalue weighted by Gasteiger charge is -2.08. The third-order valence-corrected chi connectivity index (χ3v) is 6.05. The molecule has 0 fully saturated rings. The van der Waals surface area contributed by atoms with Crippen LogP contribution in [-0.2, 0) is 6.54 Å². The molecule has 0 bridgehead atoms. The van der Waals surface area contributed by atoms with Gasteiger partial charge in [0.25, 0.3) is 5.91 Å². The van der Waals surface area contributed by atoms with Crippen LogP contribution in [0.5, 0.6) is 11.5 Å². The number of imidazole rings is 1. The van der Waals surface area contributed by atoms with Gasteiger partial charge in [0, 0.05) is 22.9 Å². The van der Waals surface area contributed by atoms with Crippen LogP contribution in [0.15, 0.2) is 36.4 Å². The van der Waals surface area contributed by atoms with Gasteiger partial charge in [-0.05, 0) is 42.1 Å². The second-order valence-electron chi connectivity index (χ2n) is 6.96. The molecule has 0 aliphatic rings. The number of thiophene rings is 1. The summed E-state index contributed by atoms with van der Waals surface area (Å²) in [6.45, 7) is 2.71. The molecular formula is C22H22N4O4S. The molecule has 2 aromatic carbocycles. The van der Waals surface area contributed by atoms with E-state index in [2.05, 4.69) is 10.3 Å².